The summed E-state index contributed by atoms with van der Waals surface area (Å²) in [4.78, 5) is 31.5. The molecule has 0 aliphatic heterocycles. The fraction of sp³-hybridized carbons (Fsp3) is 0.286. The number of aryl methyl sites for hydroxylation is 1. The molecular weight excluding hydrogens is 364 g/mol. The van der Waals surface area contributed by atoms with Crippen molar-refractivity contribution in [1.82, 2.24) is 14.5 Å². The van der Waals surface area contributed by atoms with E-state index in [2.05, 4.69) is 4.98 Å². The number of hydrogen-bond acceptors (Lipinski definition) is 3. The van der Waals surface area contributed by atoms with E-state index < -0.39 is 11.6 Å². The van der Waals surface area contributed by atoms with Gasteiger partial charge < -0.3 is 4.90 Å². The summed E-state index contributed by atoms with van der Waals surface area (Å²) in [5.41, 5.74) is 1.47. The number of carbonyl (C=O) groups is 1. The van der Waals surface area contributed by atoms with E-state index in [9.17, 15) is 18.4 Å². The number of aromatic nitrogens is 2. The summed E-state index contributed by atoms with van der Waals surface area (Å²) in [6.45, 7) is 1.75. The normalized spacial score (nSPS) is 13.7. The molecule has 0 radical (unpaired) electrons. The fourth-order valence-electron chi connectivity index (χ4n) is 3.33. The molecule has 3 aromatic rings. The number of hydrogen-bond donors (Lipinski definition) is 0. The average Bonchev–Trinajstić information content (AvgIpc) is 3.49. The van der Waals surface area contributed by atoms with Gasteiger partial charge in [0.25, 0.3) is 5.56 Å². The number of nitrogens with zero attached hydrogens (tertiary/aromatic N) is 3. The third-order valence-corrected chi connectivity index (χ3v) is 5.02. The maximum absolute atomic E-state index is 14.0. The molecule has 1 amide bonds. The largest absolute Gasteiger partial charge is 0.334 e. The minimum Gasteiger partial charge on any atom is -0.334 e. The zero-order valence-corrected chi connectivity index (χ0v) is 15.4. The number of carbonyl (C=O) groups excluding carboxylic acids is 1. The van der Waals surface area contributed by atoms with Crippen molar-refractivity contribution in [3.8, 4) is 0 Å². The van der Waals surface area contributed by atoms with E-state index in [0.717, 1.165) is 24.5 Å². The van der Waals surface area contributed by atoms with Gasteiger partial charge >= 0.3 is 0 Å². The van der Waals surface area contributed by atoms with Crippen LogP contribution >= 0.6 is 0 Å². The molecule has 0 unspecified atom stereocenters. The number of benzene rings is 2. The van der Waals surface area contributed by atoms with Crippen molar-refractivity contribution < 1.29 is 13.6 Å². The van der Waals surface area contributed by atoms with Crippen LogP contribution in [0.25, 0.3) is 10.9 Å². The number of rotatable bonds is 5. The SMILES string of the molecule is Cc1cccc2c(=O)n(CC(=O)N(Cc3ccc(F)cc3F)C3CC3)cnc12. The Morgan fingerprint density at radius 3 is 2.75 bits per heavy atom. The van der Waals surface area contributed by atoms with E-state index in [-0.39, 0.29) is 36.2 Å². The zero-order valence-electron chi connectivity index (χ0n) is 15.4. The van der Waals surface area contributed by atoms with Crippen LogP contribution in [0.4, 0.5) is 8.78 Å². The Bertz CT molecular complexity index is 1120. The molecule has 0 bridgehead atoms. The predicted octanol–water partition coefficient (Wildman–Crippen LogP) is 3.17. The molecule has 28 heavy (non-hydrogen) atoms. The summed E-state index contributed by atoms with van der Waals surface area (Å²) in [7, 11) is 0. The van der Waals surface area contributed by atoms with Gasteiger partial charge in [-0.15, -0.1) is 0 Å². The Morgan fingerprint density at radius 2 is 2.04 bits per heavy atom. The quantitative estimate of drug-likeness (QED) is 0.680. The Balaban J connectivity index is 1.60. The lowest BCUT2D eigenvalue weighted by molar-refractivity contribution is -0.133. The summed E-state index contributed by atoms with van der Waals surface area (Å²) >= 11 is 0. The molecule has 5 nitrogen and oxygen atoms in total. The van der Waals surface area contributed by atoms with Gasteiger partial charge in [-0.1, -0.05) is 18.2 Å². The summed E-state index contributed by atoms with van der Waals surface area (Å²) in [6.07, 6.45) is 3.04. The topological polar surface area (TPSA) is 55.2 Å². The van der Waals surface area contributed by atoms with E-state index >= 15 is 0 Å². The monoisotopic (exact) mass is 383 g/mol. The van der Waals surface area contributed by atoms with Crippen LogP contribution in [-0.4, -0.2) is 26.4 Å². The highest BCUT2D eigenvalue weighted by molar-refractivity contribution is 5.81. The Morgan fingerprint density at radius 1 is 1.25 bits per heavy atom. The molecule has 1 fully saturated rings. The lowest BCUT2D eigenvalue weighted by atomic mass is 10.1. The van der Waals surface area contributed by atoms with Gasteiger partial charge in [0.05, 0.1) is 17.2 Å². The maximum Gasteiger partial charge on any atom is 0.261 e. The van der Waals surface area contributed by atoms with Crippen LogP contribution in [0.5, 0.6) is 0 Å². The van der Waals surface area contributed by atoms with E-state index in [4.69, 9.17) is 0 Å². The minimum atomic E-state index is -0.682. The maximum atomic E-state index is 14.0. The first-order valence-electron chi connectivity index (χ1n) is 9.12. The standard InChI is InChI=1S/C21H19F2N3O2/c1-13-3-2-4-17-20(13)24-12-25(21(17)28)11-19(27)26(16-7-8-16)10-14-5-6-15(22)9-18(14)23/h2-6,9,12,16H,7-8,10-11H2,1H3. The van der Waals surface area contributed by atoms with Crippen LogP contribution in [-0.2, 0) is 17.9 Å². The molecule has 0 spiro atoms. The van der Waals surface area contributed by atoms with E-state index in [1.807, 2.05) is 13.0 Å². The lowest BCUT2D eigenvalue weighted by Gasteiger charge is -2.23. The summed E-state index contributed by atoms with van der Waals surface area (Å²) in [5.74, 6) is -1.63. The smallest absolute Gasteiger partial charge is 0.261 e. The molecule has 1 heterocycles. The molecule has 0 saturated heterocycles. The van der Waals surface area contributed by atoms with Crippen LogP contribution in [0, 0.1) is 18.6 Å². The molecule has 144 valence electrons. The van der Waals surface area contributed by atoms with Gasteiger partial charge in [-0.3, -0.25) is 14.2 Å². The van der Waals surface area contributed by atoms with Gasteiger partial charge in [0, 0.05) is 24.2 Å². The van der Waals surface area contributed by atoms with Crippen molar-refractivity contribution in [2.45, 2.75) is 38.9 Å². The van der Waals surface area contributed by atoms with Crippen LogP contribution in [0.2, 0.25) is 0 Å². The Hall–Kier alpha value is -3.09. The predicted molar refractivity (Wildman–Crippen MR) is 101 cm³/mol. The minimum absolute atomic E-state index is 0.0170. The number of amides is 1. The van der Waals surface area contributed by atoms with Crippen molar-refractivity contribution in [2.75, 3.05) is 0 Å². The van der Waals surface area contributed by atoms with E-state index in [1.54, 1.807) is 17.0 Å². The molecule has 1 aromatic heterocycles. The van der Waals surface area contributed by atoms with Gasteiger partial charge in [0.15, 0.2) is 0 Å². The third-order valence-electron chi connectivity index (χ3n) is 5.02. The highest BCUT2D eigenvalue weighted by atomic mass is 19.1. The second kappa shape index (κ2) is 7.14. The van der Waals surface area contributed by atoms with E-state index in [1.165, 1.54) is 23.0 Å². The van der Waals surface area contributed by atoms with E-state index in [0.29, 0.717) is 10.9 Å². The Labute approximate surface area is 160 Å². The van der Waals surface area contributed by atoms with Gasteiger partial charge in [-0.2, -0.15) is 0 Å². The molecule has 1 aliphatic carbocycles. The first-order valence-corrected chi connectivity index (χ1v) is 9.12. The summed E-state index contributed by atoms with van der Waals surface area (Å²) in [5, 5.41) is 0.456. The van der Waals surface area contributed by atoms with Crippen LogP contribution < -0.4 is 5.56 Å². The fourth-order valence-corrected chi connectivity index (χ4v) is 3.33. The highest BCUT2D eigenvalue weighted by Crippen LogP contribution is 2.29. The summed E-state index contributed by atoms with van der Waals surface area (Å²) in [6, 6.07) is 8.68. The third kappa shape index (κ3) is 3.52. The molecular formula is C21H19F2N3O2. The lowest BCUT2D eigenvalue weighted by Crippen LogP contribution is -2.38. The zero-order chi connectivity index (χ0) is 19.8. The number of fused-ring (bicyclic) bond motifs is 1. The number of halogens is 2. The van der Waals surface area contributed by atoms with Gasteiger partial charge in [0.1, 0.15) is 18.2 Å². The second-order valence-corrected chi connectivity index (χ2v) is 7.14. The van der Waals surface area contributed by atoms with Crippen molar-refractivity contribution >= 4 is 16.8 Å². The van der Waals surface area contributed by atoms with Gasteiger partial charge in [-0.25, -0.2) is 13.8 Å². The van der Waals surface area contributed by atoms with Gasteiger partial charge in [-0.05, 0) is 37.5 Å². The first kappa shape index (κ1) is 18.3. The number of para-hydroxylation sites is 1. The molecule has 4 rings (SSSR count). The molecule has 1 aliphatic rings. The van der Waals surface area contributed by atoms with Crippen molar-refractivity contribution in [1.29, 1.82) is 0 Å². The van der Waals surface area contributed by atoms with Crippen LogP contribution in [0.15, 0.2) is 47.5 Å². The average molecular weight is 383 g/mol. The first-order chi connectivity index (χ1) is 13.4. The highest BCUT2D eigenvalue weighted by Gasteiger charge is 2.33. The molecule has 7 heteroatoms. The van der Waals surface area contributed by atoms with Crippen LogP contribution in [0.3, 0.4) is 0 Å². The molecule has 2 aromatic carbocycles. The van der Waals surface area contributed by atoms with Gasteiger partial charge in [0.2, 0.25) is 5.91 Å². The molecule has 0 atom stereocenters. The molecule has 1 saturated carbocycles. The summed E-state index contributed by atoms with van der Waals surface area (Å²) < 4.78 is 28.4. The molecule has 0 N–H and O–H groups in total. The second-order valence-electron chi connectivity index (χ2n) is 7.14. The van der Waals surface area contributed by atoms with Crippen LogP contribution in [0.1, 0.15) is 24.0 Å². The van der Waals surface area contributed by atoms with Crippen molar-refractivity contribution in [2.24, 2.45) is 0 Å². The Kier molecular flexibility index (Phi) is 4.66. The van der Waals surface area contributed by atoms with Crippen molar-refractivity contribution in [3.05, 3.63) is 75.8 Å². The van der Waals surface area contributed by atoms with Crippen molar-refractivity contribution in [3.63, 3.8) is 0 Å².